The fourth-order valence-corrected chi connectivity index (χ4v) is 2.41. The molecule has 0 heterocycles. The highest BCUT2D eigenvalue weighted by molar-refractivity contribution is 7.89. The van der Waals surface area contributed by atoms with Crippen LogP contribution in [-0.2, 0) is 10.0 Å². The molecule has 0 fully saturated rings. The lowest BCUT2D eigenvalue weighted by Gasteiger charge is -2.21. The van der Waals surface area contributed by atoms with Gasteiger partial charge in [0.05, 0.1) is 5.60 Å². The van der Waals surface area contributed by atoms with Gasteiger partial charge in [-0.1, -0.05) is 6.92 Å². The third kappa shape index (κ3) is 3.66. The number of halogens is 1. The first kappa shape index (κ1) is 14.9. The summed E-state index contributed by atoms with van der Waals surface area (Å²) in [4.78, 5) is -0.483. The summed E-state index contributed by atoms with van der Waals surface area (Å²) in [6.45, 7) is 3.03. The van der Waals surface area contributed by atoms with E-state index in [1.807, 2.05) is 0 Å². The van der Waals surface area contributed by atoms with Crippen LogP contribution in [0.15, 0.2) is 23.1 Å². The first-order chi connectivity index (χ1) is 8.18. The molecule has 0 spiro atoms. The van der Waals surface area contributed by atoms with E-state index >= 15 is 0 Å². The maximum atomic E-state index is 13.5. The van der Waals surface area contributed by atoms with Crippen molar-refractivity contribution in [2.45, 2.75) is 30.8 Å². The molecule has 0 aliphatic carbocycles. The third-order valence-corrected chi connectivity index (χ3v) is 4.08. The van der Waals surface area contributed by atoms with Crippen molar-refractivity contribution in [2.75, 3.05) is 12.3 Å². The van der Waals surface area contributed by atoms with Crippen LogP contribution in [0.2, 0.25) is 0 Å². The fourth-order valence-electron chi connectivity index (χ4n) is 1.19. The Bertz CT molecular complexity index is 529. The average molecular weight is 276 g/mol. The Morgan fingerprint density at radius 2 is 2.11 bits per heavy atom. The van der Waals surface area contributed by atoms with Gasteiger partial charge < -0.3 is 10.8 Å². The molecule has 1 rings (SSSR count). The second-order valence-corrected chi connectivity index (χ2v) is 6.10. The van der Waals surface area contributed by atoms with Crippen LogP contribution in [-0.4, -0.2) is 25.7 Å². The number of sulfonamides is 1. The van der Waals surface area contributed by atoms with Crippen molar-refractivity contribution >= 4 is 15.7 Å². The number of nitrogens with two attached hydrogens (primary N) is 1. The van der Waals surface area contributed by atoms with Crippen molar-refractivity contribution in [2.24, 2.45) is 0 Å². The average Bonchev–Trinajstić information content (AvgIpc) is 2.26. The van der Waals surface area contributed by atoms with Gasteiger partial charge in [-0.3, -0.25) is 0 Å². The number of rotatable bonds is 5. The maximum absolute atomic E-state index is 13.5. The Kier molecular flexibility index (Phi) is 4.31. The van der Waals surface area contributed by atoms with Crippen molar-refractivity contribution in [3.8, 4) is 0 Å². The van der Waals surface area contributed by atoms with Crippen LogP contribution >= 0.6 is 0 Å². The molecule has 4 N–H and O–H groups in total. The predicted octanol–water partition coefficient (Wildman–Crippen LogP) is 0.847. The third-order valence-electron chi connectivity index (χ3n) is 2.65. The number of nitrogen functional groups attached to an aromatic ring is 1. The number of aliphatic hydroxyl groups is 1. The van der Waals surface area contributed by atoms with E-state index in [2.05, 4.69) is 4.72 Å². The molecule has 1 aromatic rings. The summed E-state index contributed by atoms with van der Waals surface area (Å²) < 4.78 is 39.3. The van der Waals surface area contributed by atoms with E-state index in [9.17, 15) is 17.9 Å². The van der Waals surface area contributed by atoms with Gasteiger partial charge in [0.15, 0.2) is 0 Å². The molecule has 0 radical (unpaired) electrons. The lowest BCUT2D eigenvalue weighted by molar-refractivity contribution is 0.0613. The SMILES string of the molecule is CCC(C)(O)CNS(=O)(=O)c1ccc(N)cc1F. The molecule has 0 bridgehead atoms. The summed E-state index contributed by atoms with van der Waals surface area (Å²) in [5.74, 6) is -0.918. The Morgan fingerprint density at radius 3 is 2.61 bits per heavy atom. The minimum atomic E-state index is -3.99. The van der Waals surface area contributed by atoms with Gasteiger partial charge in [0.2, 0.25) is 10.0 Å². The van der Waals surface area contributed by atoms with Crippen LogP contribution in [0.4, 0.5) is 10.1 Å². The van der Waals surface area contributed by atoms with E-state index in [4.69, 9.17) is 5.73 Å². The number of benzene rings is 1. The second kappa shape index (κ2) is 5.21. The van der Waals surface area contributed by atoms with E-state index in [-0.39, 0.29) is 12.2 Å². The smallest absolute Gasteiger partial charge is 0.243 e. The van der Waals surface area contributed by atoms with Crippen molar-refractivity contribution in [1.82, 2.24) is 4.72 Å². The zero-order chi connectivity index (χ0) is 14.0. The molecule has 0 saturated carbocycles. The van der Waals surface area contributed by atoms with E-state index in [1.54, 1.807) is 6.92 Å². The van der Waals surface area contributed by atoms with Gasteiger partial charge in [-0.05, 0) is 31.5 Å². The molecule has 1 aromatic carbocycles. The molecule has 5 nitrogen and oxygen atoms in total. The minimum Gasteiger partial charge on any atom is -0.399 e. The summed E-state index contributed by atoms with van der Waals surface area (Å²) in [7, 11) is -3.99. The normalized spacial score (nSPS) is 15.3. The molecule has 7 heteroatoms. The predicted molar refractivity (Wildman–Crippen MR) is 66.9 cm³/mol. The zero-order valence-corrected chi connectivity index (χ0v) is 11.1. The van der Waals surface area contributed by atoms with Crippen LogP contribution in [0, 0.1) is 5.82 Å². The molecule has 0 aromatic heterocycles. The van der Waals surface area contributed by atoms with Gasteiger partial charge in [-0.25, -0.2) is 17.5 Å². The quantitative estimate of drug-likeness (QED) is 0.695. The maximum Gasteiger partial charge on any atom is 0.243 e. The van der Waals surface area contributed by atoms with Crippen LogP contribution in [0.1, 0.15) is 20.3 Å². The summed E-state index contributed by atoms with van der Waals surface area (Å²) in [5, 5.41) is 9.71. The number of anilines is 1. The van der Waals surface area contributed by atoms with Crippen molar-refractivity contribution in [1.29, 1.82) is 0 Å². The topological polar surface area (TPSA) is 92.4 Å². The highest BCUT2D eigenvalue weighted by Crippen LogP contribution is 2.17. The molecule has 0 amide bonds. The molecule has 18 heavy (non-hydrogen) atoms. The van der Waals surface area contributed by atoms with Gasteiger partial charge in [-0.2, -0.15) is 0 Å². The number of hydrogen-bond donors (Lipinski definition) is 3. The van der Waals surface area contributed by atoms with Gasteiger partial charge >= 0.3 is 0 Å². The fraction of sp³-hybridized carbons (Fsp3) is 0.455. The molecular formula is C11H17FN2O3S. The Morgan fingerprint density at radius 1 is 1.50 bits per heavy atom. The summed E-state index contributed by atoms with van der Waals surface area (Å²) in [5.41, 5.74) is 4.32. The molecular weight excluding hydrogens is 259 g/mol. The summed E-state index contributed by atoms with van der Waals surface area (Å²) >= 11 is 0. The Labute approximate surface area is 106 Å². The number of hydrogen-bond acceptors (Lipinski definition) is 4. The van der Waals surface area contributed by atoms with Gasteiger partial charge in [0.1, 0.15) is 10.7 Å². The van der Waals surface area contributed by atoms with Crippen molar-refractivity contribution in [3.63, 3.8) is 0 Å². The standard InChI is InChI=1S/C11H17FN2O3S/c1-3-11(2,15)7-14-18(16,17)10-5-4-8(13)6-9(10)12/h4-6,14-15H,3,7,13H2,1-2H3. The lowest BCUT2D eigenvalue weighted by atomic mass is 10.1. The molecule has 1 unspecified atom stereocenters. The minimum absolute atomic E-state index is 0.145. The highest BCUT2D eigenvalue weighted by atomic mass is 32.2. The van der Waals surface area contributed by atoms with Crippen molar-refractivity contribution < 1.29 is 17.9 Å². The molecule has 0 aliphatic heterocycles. The van der Waals surface area contributed by atoms with Crippen LogP contribution in [0.5, 0.6) is 0 Å². The Hall–Kier alpha value is -1.18. The van der Waals surface area contributed by atoms with Crippen LogP contribution < -0.4 is 10.5 Å². The molecule has 0 saturated heterocycles. The monoisotopic (exact) mass is 276 g/mol. The first-order valence-electron chi connectivity index (χ1n) is 5.45. The molecule has 102 valence electrons. The second-order valence-electron chi connectivity index (χ2n) is 4.36. The van der Waals surface area contributed by atoms with Gasteiger partial charge in [0, 0.05) is 12.2 Å². The molecule has 1 atom stereocenters. The van der Waals surface area contributed by atoms with E-state index < -0.39 is 26.3 Å². The van der Waals surface area contributed by atoms with E-state index in [1.165, 1.54) is 13.0 Å². The largest absolute Gasteiger partial charge is 0.399 e. The van der Waals surface area contributed by atoms with E-state index in [0.29, 0.717) is 6.42 Å². The van der Waals surface area contributed by atoms with Crippen LogP contribution in [0.25, 0.3) is 0 Å². The number of nitrogens with one attached hydrogen (secondary N) is 1. The first-order valence-corrected chi connectivity index (χ1v) is 6.93. The summed E-state index contributed by atoms with van der Waals surface area (Å²) in [6, 6.07) is 3.33. The Balaban J connectivity index is 2.94. The van der Waals surface area contributed by atoms with Crippen LogP contribution in [0.3, 0.4) is 0 Å². The van der Waals surface area contributed by atoms with Gasteiger partial charge in [-0.15, -0.1) is 0 Å². The van der Waals surface area contributed by atoms with Gasteiger partial charge in [0.25, 0.3) is 0 Å². The lowest BCUT2D eigenvalue weighted by Crippen LogP contribution is -2.40. The summed E-state index contributed by atoms with van der Waals surface area (Å²) in [6.07, 6.45) is 0.375. The highest BCUT2D eigenvalue weighted by Gasteiger charge is 2.24. The molecule has 0 aliphatic rings. The van der Waals surface area contributed by atoms with E-state index in [0.717, 1.165) is 12.1 Å². The van der Waals surface area contributed by atoms with Crippen molar-refractivity contribution in [3.05, 3.63) is 24.0 Å². The zero-order valence-electron chi connectivity index (χ0n) is 10.3.